The Bertz CT molecular complexity index is 362. The van der Waals surface area contributed by atoms with Crippen molar-refractivity contribution in [2.45, 2.75) is 51.9 Å². The monoisotopic (exact) mass is 302 g/mol. The van der Waals surface area contributed by atoms with Gasteiger partial charge in [-0.15, -0.1) is 0 Å². The van der Waals surface area contributed by atoms with Gasteiger partial charge in [0.05, 0.1) is 5.97 Å². The van der Waals surface area contributed by atoms with E-state index in [1.165, 1.54) is 44.1 Å². The Morgan fingerprint density at radius 1 is 1.05 bits per heavy atom. The second-order valence-electron chi connectivity index (χ2n) is 4.82. The Morgan fingerprint density at radius 3 is 2.25 bits per heavy atom. The molecule has 1 aromatic carbocycles. The van der Waals surface area contributed by atoms with E-state index in [4.69, 9.17) is 4.74 Å². The van der Waals surface area contributed by atoms with Crippen molar-refractivity contribution < 1.29 is 66.0 Å². The third-order valence-electron chi connectivity index (χ3n) is 3.10. The van der Waals surface area contributed by atoms with Crippen LogP contribution in [0.2, 0.25) is 0 Å². The van der Waals surface area contributed by atoms with Crippen LogP contribution in [0.1, 0.15) is 51.0 Å². The van der Waals surface area contributed by atoms with Gasteiger partial charge in [-0.1, -0.05) is 51.2 Å². The van der Waals surface area contributed by atoms with Gasteiger partial charge < -0.3 is 14.6 Å². The molecule has 0 aliphatic carbocycles. The summed E-state index contributed by atoms with van der Waals surface area (Å²) in [5, 5.41) is 10.3. The third-order valence-corrected chi connectivity index (χ3v) is 3.10. The van der Waals surface area contributed by atoms with Gasteiger partial charge >= 0.3 is 51.4 Å². The molecule has 0 fully saturated rings. The van der Waals surface area contributed by atoms with Gasteiger partial charge in [0.2, 0.25) is 0 Å². The summed E-state index contributed by atoms with van der Waals surface area (Å²) in [5.41, 5.74) is 1.27. The number of rotatable bonds is 10. The molecule has 0 saturated heterocycles. The van der Waals surface area contributed by atoms with Crippen LogP contribution < -0.4 is 61.2 Å². The molecule has 0 aromatic heterocycles. The van der Waals surface area contributed by atoms with Crippen LogP contribution in [0.3, 0.4) is 0 Å². The quantitative estimate of drug-likeness (QED) is 0.441. The molecule has 0 bridgehead atoms. The predicted octanol–water partition coefficient (Wildman–Crippen LogP) is -0.278. The van der Waals surface area contributed by atoms with E-state index in [1.54, 1.807) is 0 Å². The van der Waals surface area contributed by atoms with Crippen LogP contribution in [0.5, 0.6) is 5.75 Å². The summed E-state index contributed by atoms with van der Waals surface area (Å²) in [7, 11) is 0. The molecule has 20 heavy (non-hydrogen) atoms. The zero-order valence-corrected chi connectivity index (χ0v) is 15.8. The molecule has 0 atom stereocenters. The molecule has 1 aromatic rings. The molecule has 0 N–H and O–H groups in total. The van der Waals surface area contributed by atoms with Crippen molar-refractivity contribution in [1.29, 1.82) is 0 Å². The van der Waals surface area contributed by atoms with Crippen LogP contribution in [0, 0.1) is 0 Å². The maximum absolute atomic E-state index is 10.3. The third kappa shape index (κ3) is 9.94. The number of hydrogen-bond donors (Lipinski definition) is 0. The van der Waals surface area contributed by atoms with Gasteiger partial charge in [0.25, 0.3) is 0 Å². The number of carboxylic acids is 1. The van der Waals surface area contributed by atoms with Gasteiger partial charge in [-0.2, -0.15) is 0 Å². The van der Waals surface area contributed by atoms with E-state index in [1.807, 2.05) is 24.3 Å². The van der Waals surface area contributed by atoms with Crippen LogP contribution in [0.15, 0.2) is 24.3 Å². The molecule has 0 unspecified atom stereocenters. The Labute approximate surface area is 164 Å². The van der Waals surface area contributed by atoms with Gasteiger partial charge in [-0.25, -0.2) is 0 Å². The summed E-state index contributed by atoms with van der Waals surface area (Å²) in [6.45, 7) is 1.83. The number of carboxylic acid groups (broad SMARTS) is 1. The SMILES string of the molecule is CCCCCCCCc1ccc(OCC(=O)[O-])cc1.[K+]. The molecule has 0 heterocycles. The molecule has 0 aliphatic heterocycles. The average molecular weight is 302 g/mol. The van der Waals surface area contributed by atoms with Crippen molar-refractivity contribution in [1.82, 2.24) is 0 Å². The number of ether oxygens (including phenoxy) is 1. The van der Waals surface area contributed by atoms with Gasteiger partial charge in [-0.3, -0.25) is 0 Å². The number of unbranched alkanes of at least 4 members (excludes halogenated alkanes) is 5. The van der Waals surface area contributed by atoms with Crippen LogP contribution in [0.4, 0.5) is 0 Å². The number of hydrogen-bond acceptors (Lipinski definition) is 3. The first-order chi connectivity index (χ1) is 9.22. The first-order valence-electron chi connectivity index (χ1n) is 7.14. The van der Waals surface area contributed by atoms with E-state index in [9.17, 15) is 9.90 Å². The van der Waals surface area contributed by atoms with Gasteiger partial charge in [-0.05, 0) is 30.5 Å². The van der Waals surface area contributed by atoms with Crippen LogP contribution in [-0.2, 0) is 11.2 Å². The number of aliphatic carboxylic acids is 1. The van der Waals surface area contributed by atoms with Crippen molar-refractivity contribution in [3.05, 3.63) is 29.8 Å². The maximum Gasteiger partial charge on any atom is 1.00 e. The summed E-state index contributed by atoms with van der Waals surface area (Å²) in [4.78, 5) is 10.3. The van der Waals surface area contributed by atoms with Gasteiger partial charge in [0, 0.05) is 0 Å². The van der Waals surface area contributed by atoms with E-state index in [2.05, 4.69) is 6.92 Å². The molecule has 4 heteroatoms. The van der Waals surface area contributed by atoms with Crippen molar-refractivity contribution >= 4 is 5.97 Å². The Kier molecular flexibility index (Phi) is 12.9. The van der Waals surface area contributed by atoms with Crippen LogP contribution in [-0.4, -0.2) is 12.6 Å². The van der Waals surface area contributed by atoms with E-state index in [0.717, 1.165) is 6.42 Å². The molecule has 0 aliphatic rings. The van der Waals surface area contributed by atoms with Crippen molar-refractivity contribution in [2.75, 3.05) is 6.61 Å². The van der Waals surface area contributed by atoms with Crippen molar-refractivity contribution in [3.63, 3.8) is 0 Å². The topological polar surface area (TPSA) is 49.4 Å². The minimum atomic E-state index is -1.20. The average Bonchev–Trinajstić information content (AvgIpc) is 2.41. The maximum atomic E-state index is 10.3. The minimum absolute atomic E-state index is 0. The molecule has 0 radical (unpaired) electrons. The molecule has 1 rings (SSSR count). The number of aryl methyl sites for hydroxylation is 1. The molecule has 0 spiro atoms. The largest absolute Gasteiger partial charge is 1.00 e. The van der Waals surface area contributed by atoms with E-state index < -0.39 is 12.6 Å². The van der Waals surface area contributed by atoms with Crippen molar-refractivity contribution in [3.8, 4) is 5.75 Å². The predicted molar refractivity (Wildman–Crippen MR) is 74.0 cm³/mol. The summed E-state index contributed by atoms with van der Waals surface area (Å²) in [5.74, 6) is -0.618. The fourth-order valence-electron chi connectivity index (χ4n) is 2.00. The standard InChI is InChI=1S/C16H24O3.K/c1-2-3-4-5-6-7-8-14-9-11-15(12-10-14)19-13-16(17)18;/h9-12H,2-8,13H2,1H3,(H,17,18);/q;+1/p-1. The number of carbonyl (C=O) groups excluding carboxylic acids is 1. The molecular weight excluding hydrogens is 279 g/mol. The Hall–Kier alpha value is 0.126. The zero-order valence-electron chi connectivity index (χ0n) is 12.7. The fraction of sp³-hybridized carbons (Fsp3) is 0.562. The molecule has 0 amide bonds. The second-order valence-corrected chi connectivity index (χ2v) is 4.82. The first-order valence-corrected chi connectivity index (χ1v) is 7.14. The molecular formula is C16H23KO3. The first kappa shape index (κ1) is 20.1. The number of carbonyl (C=O) groups is 1. The summed E-state index contributed by atoms with van der Waals surface area (Å²) in [6, 6.07) is 7.62. The van der Waals surface area contributed by atoms with Gasteiger partial charge in [0.15, 0.2) is 0 Å². The Morgan fingerprint density at radius 2 is 1.65 bits per heavy atom. The number of benzene rings is 1. The van der Waals surface area contributed by atoms with Gasteiger partial charge in [0.1, 0.15) is 12.4 Å². The Balaban J connectivity index is 0.00000361. The molecule has 106 valence electrons. The fourth-order valence-corrected chi connectivity index (χ4v) is 2.00. The summed E-state index contributed by atoms with van der Waals surface area (Å²) in [6.07, 6.45) is 8.85. The molecule has 3 nitrogen and oxygen atoms in total. The normalized spacial score (nSPS) is 9.85. The summed E-state index contributed by atoms with van der Waals surface area (Å²) >= 11 is 0. The summed E-state index contributed by atoms with van der Waals surface area (Å²) < 4.78 is 5.03. The molecule has 0 saturated carbocycles. The second kappa shape index (κ2) is 12.8. The minimum Gasteiger partial charge on any atom is -0.546 e. The van der Waals surface area contributed by atoms with Crippen LogP contribution >= 0.6 is 0 Å². The smallest absolute Gasteiger partial charge is 0.546 e. The van der Waals surface area contributed by atoms with E-state index in [-0.39, 0.29) is 51.4 Å². The van der Waals surface area contributed by atoms with E-state index >= 15 is 0 Å². The van der Waals surface area contributed by atoms with Crippen molar-refractivity contribution in [2.24, 2.45) is 0 Å². The zero-order chi connectivity index (χ0) is 13.9. The van der Waals surface area contributed by atoms with E-state index in [0.29, 0.717) is 5.75 Å². The van der Waals surface area contributed by atoms with Crippen LogP contribution in [0.25, 0.3) is 0 Å².